The van der Waals surface area contributed by atoms with E-state index in [-0.39, 0.29) is 9.33 Å². The van der Waals surface area contributed by atoms with Crippen LogP contribution >= 0.6 is 20.1 Å². The first-order valence-electron chi connectivity index (χ1n) is 1.05. The highest BCUT2D eigenvalue weighted by Crippen LogP contribution is 2.47. The van der Waals surface area contributed by atoms with Crippen LogP contribution in [0.5, 0.6) is 0 Å². The van der Waals surface area contributed by atoms with E-state index in [1.54, 1.807) is 0 Å². The molecule has 0 nitrogen and oxygen atoms in total. The molecule has 1 unspecified atom stereocenters. The van der Waals surface area contributed by atoms with Gasteiger partial charge in [0.05, 0.1) is 0 Å². The van der Waals surface area contributed by atoms with Crippen molar-refractivity contribution < 1.29 is 0 Å². The summed E-state index contributed by atoms with van der Waals surface area (Å²) >= 11 is 0. The molecule has 1 rings (SSSR count). The van der Waals surface area contributed by atoms with Crippen LogP contribution in [0.3, 0.4) is 0 Å². The average molecular weight is 92.2 g/mol. The lowest BCUT2D eigenvalue weighted by atomic mass is 11.9. The molecule has 0 aromatic heterocycles. The average Bonchev–Trinajstić information content (AvgIpc) is 1.75. The smallest absolute Gasteiger partial charge is 0.0481 e. The highest BCUT2D eigenvalue weighted by atomic mass is 33.2. The summed E-state index contributed by atoms with van der Waals surface area (Å²) in [4.78, 5) is 0. The zero-order chi connectivity index (χ0) is 2.99. The molecule has 24 valence electrons. The van der Waals surface area contributed by atoms with Crippen molar-refractivity contribution in [1.82, 2.24) is 0 Å². The zero-order valence-electron chi connectivity index (χ0n) is 2.14. The van der Waals surface area contributed by atoms with E-state index in [9.17, 15) is 0 Å². The van der Waals surface area contributed by atoms with E-state index in [4.69, 9.17) is 5.69 Å². The van der Waals surface area contributed by atoms with Gasteiger partial charge in [0.1, 0.15) is 0 Å². The molecule has 0 radical (unpaired) electrons. The molecule has 0 N–H and O–H groups in total. The summed E-state index contributed by atoms with van der Waals surface area (Å²) in [7, 11) is 1.91. The van der Waals surface area contributed by atoms with Gasteiger partial charge in [-0.15, -0.1) is 15.0 Å². The van der Waals surface area contributed by atoms with Crippen molar-refractivity contribution >= 4 is 20.1 Å². The molecular weight excluding hydrogens is 88.2 g/mol. The van der Waals surface area contributed by atoms with Crippen LogP contribution in [-0.2, 0) is 0 Å². The minimum atomic E-state index is 0.0463. The predicted molar refractivity (Wildman–Crippen MR) is 26.4 cm³/mol. The zero-order valence-corrected chi connectivity index (χ0v) is 3.85. The lowest BCUT2D eigenvalue weighted by molar-refractivity contribution is 2.42. The molecule has 0 amide bonds. The maximum absolute atomic E-state index is 5.25. The molecule has 1 atom stereocenters. The maximum atomic E-state index is 5.25. The third kappa shape index (κ3) is 0.449. The first kappa shape index (κ1) is 2.70. The van der Waals surface area contributed by atoms with Gasteiger partial charge in [-0.3, -0.25) is 0 Å². The fourth-order valence-corrected chi connectivity index (χ4v) is 0.900. The fourth-order valence-electron chi connectivity index (χ4n) is 0.0333. The first-order valence-corrected chi connectivity index (χ1v) is 4.23. The molecule has 4 heavy (non-hydrogen) atoms. The van der Waals surface area contributed by atoms with Crippen molar-refractivity contribution in [2.24, 2.45) is 0 Å². The van der Waals surface area contributed by atoms with Gasteiger partial charge in [0.25, 0.3) is 0 Å². The SMILES string of the molecule is C#[SH]1CS1. The lowest BCUT2D eigenvalue weighted by Gasteiger charge is -1.31. The van der Waals surface area contributed by atoms with Crippen LogP contribution in [0.1, 0.15) is 0 Å². The quantitative estimate of drug-likeness (QED) is 0.266. The molecule has 1 saturated heterocycles. The largest absolute Gasteiger partial charge is 0.144 e. The van der Waals surface area contributed by atoms with Crippen LogP contribution in [0.4, 0.5) is 0 Å². The molecule has 1 heterocycles. The van der Waals surface area contributed by atoms with E-state index in [0.717, 1.165) is 0 Å². The van der Waals surface area contributed by atoms with Crippen molar-refractivity contribution in [3.63, 3.8) is 0 Å². The van der Waals surface area contributed by atoms with Crippen molar-refractivity contribution in [2.45, 2.75) is 0 Å². The second-order valence-corrected chi connectivity index (χ2v) is 4.98. The Morgan fingerprint density at radius 1 is 2.00 bits per heavy atom. The summed E-state index contributed by atoms with van der Waals surface area (Å²) < 4.78 is 0. The number of rotatable bonds is 0. The molecule has 1 aliphatic heterocycles. The predicted octanol–water partition coefficient (Wildman–Crippen LogP) is 1.20. The summed E-state index contributed by atoms with van der Waals surface area (Å²) in [5.74, 6) is 0. The minimum Gasteiger partial charge on any atom is -0.144 e. The van der Waals surface area contributed by atoms with Crippen molar-refractivity contribution in [3.05, 3.63) is 0 Å². The Hall–Kier alpha value is 0.480. The van der Waals surface area contributed by atoms with Crippen molar-refractivity contribution in [3.8, 4) is 5.69 Å². The van der Waals surface area contributed by atoms with Gasteiger partial charge in [-0.05, 0) is 0 Å². The topological polar surface area (TPSA) is 0 Å². The van der Waals surface area contributed by atoms with Crippen LogP contribution in [0, 0.1) is 5.69 Å². The summed E-state index contributed by atoms with van der Waals surface area (Å²) in [6.45, 7) is 0. The van der Waals surface area contributed by atoms with Gasteiger partial charge in [-0.1, -0.05) is 10.8 Å². The van der Waals surface area contributed by atoms with Gasteiger partial charge >= 0.3 is 0 Å². The van der Waals surface area contributed by atoms with Gasteiger partial charge in [0.2, 0.25) is 0 Å². The molecule has 2 heteroatoms. The normalized spacial score (nSPS) is 39.2. The number of thiol groups is 1. The van der Waals surface area contributed by atoms with Crippen LogP contribution in [0.25, 0.3) is 0 Å². The molecule has 0 spiro atoms. The molecule has 0 aliphatic carbocycles. The van der Waals surface area contributed by atoms with E-state index in [2.05, 4.69) is 0 Å². The molecule has 0 aromatic rings. The Morgan fingerprint density at radius 3 is 2.25 bits per heavy atom. The maximum Gasteiger partial charge on any atom is 0.0481 e. The van der Waals surface area contributed by atoms with Crippen molar-refractivity contribution in [2.75, 3.05) is 5.08 Å². The summed E-state index contributed by atoms with van der Waals surface area (Å²) in [6, 6.07) is 0. The summed E-state index contributed by atoms with van der Waals surface area (Å²) in [5, 5.41) is 1.25. The number of hydrogen-bond acceptors (Lipinski definition) is 1. The van der Waals surface area contributed by atoms with Crippen LogP contribution in [0.2, 0.25) is 0 Å². The summed E-state index contributed by atoms with van der Waals surface area (Å²) in [5.41, 5.74) is 5.25. The standard InChI is InChI=1S/C2H4S2/c1-4-2-3-4/h1,4H,2H2. The minimum absolute atomic E-state index is 0.0463. The second kappa shape index (κ2) is 0.713. The molecule has 0 aromatic carbocycles. The highest BCUT2D eigenvalue weighted by molar-refractivity contribution is 8.95. The highest BCUT2D eigenvalue weighted by Gasteiger charge is 1.99. The fraction of sp³-hybridized carbons (Fsp3) is 0.500. The molecule has 0 saturated carbocycles. The van der Waals surface area contributed by atoms with Gasteiger partial charge in [-0.25, -0.2) is 0 Å². The van der Waals surface area contributed by atoms with E-state index in [1.165, 1.54) is 5.08 Å². The number of hydrogen-bond donors (Lipinski definition) is 1. The molecule has 1 aliphatic rings. The van der Waals surface area contributed by atoms with Crippen LogP contribution < -0.4 is 0 Å². The van der Waals surface area contributed by atoms with Gasteiger partial charge < -0.3 is 0 Å². The Bertz CT molecular complexity index is 67.8. The molecule has 1 fully saturated rings. The third-order valence-electron chi connectivity index (χ3n) is 0.278. The van der Waals surface area contributed by atoms with Gasteiger partial charge in [0.15, 0.2) is 0 Å². The third-order valence-corrected chi connectivity index (χ3v) is 2.50. The Kier molecular flexibility index (Phi) is 0.482. The van der Waals surface area contributed by atoms with Gasteiger partial charge in [-0.2, -0.15) is 0 Å². The van der Waals surface area contributed by atoms with E-state index >= 15 is 0 Å². The first-order chi connectivity index (χ1) is 1.89. The lowest BCUT2D eigenvalue weighted by Crippen LogP contribution is -1.02. The second-order valence-electron chi connectivity index (χ2n) is 0.675. The van der Waals surface area contributed by atoms with E-state index in [1.807, 2.05) is 10.8 Å². The Balaban J connectivity index is 2.79. The molecular formula is C2H4S2. The van der Waals surface area contributed by atoms with E-state index in [0.29, 0.717) is 0 Å². The molecule has 0 bridgehead atoms. The van der Waals surface area contributed by atoms with Crippen molar-refractivity contribution in [1.29, 1.82) is 0 Å². The van der Waals surface area contributed by atoms with Crippen LogP contribution in [-0.4, -0.2) is 5.08 Å². The Morgan fingerprint density at radius 2 is 2.25 bits per heavy atom. The monoisotopic (exact) mass is 92.0 g/mol. The van der Waals surface area contributed by atoms with E-state index < -0.39 is 0 Å². The summed E-state index contributed by atoms with van der Waals surface area (Å²) in [6.07, 6.45) is 0. The van der Waals surface area contributed by atoms with Gasteiger partial charge in [0, 0.05) is 5.08 Å². The van der Waals surface area contributed by atoms with Crippen LogP contribution in [0.15, 0.2) is 0 Å². The Labute approximate surface area is 31.6 Å².